The number of para-hydroxylation sites is 1. The summed E-state index contributed by atoms with van der Waals surface area (Å²) in [4.78, 5) is 15.4. The number of rotatable bonds is 2. The highest BCUT2D eigenvalue weighted by Gasteiger charge is 2.36. The van der Waals surface area contributed by atoms with Crippen molar-refractivity contribution in [3.05, 3.63) is 41.6 Å². The lowest BCUT2D eigenvalue weighted by Gasteiger charge is -2.39. The lowest BCUT2D eigenvalue weighted by Crippen LogP contribution is -2.51. The first-order valence-electron chi connectivity index (χ1n) is 10.5. The van der Waals surface area contributed by atoms with Gasteiger partial charge in [0.1, 0.15) is 24.8 Å². The second kappa shape index (κ2) is 8.22. The number of pyridine rings is 1. The molecule has 3 aromatic rings. The predicted molar refractivity (Wildman–Crippen MR) is 115 cm³/mol. The fourth-order valence-electron chi connectivity index (χ4n) is 3.97. The average molecular weight is 461 g/mol. The normalized spacial score (nSPS) is 18.9. The summed E-state index contributed by atoms with van der Waals surface area (Å²) in [6.07, 6.45) is -2.65. The molecule has 5 rings (SSSR count). The van der Waals surface area contributed by atoms with Gasteiger partial charge in [-0.3, -0.25) is 0 Å². The first-order valence-corrected chi connectivity index (χ1v) is 10.5. The number of benzene rings is 1. The van der Waals surface area contributed by atoms with Crippen LogP contribution in [-0.2, 0) is 10.9 Å². The minimum absolute atomic E-state index is 0.0186. The fraction of sp³-hybridized carbons (Fsp3) is 0.409. The molecule has 0 saturated carbocycles. The lowest BCUT2D eigenvalue weighted by molar-refractivity contribution is -0.139. The van der Waals surface area contributed by atoms with E-state index in [1.165, 1.54) is 6.07 Å². The molecular weight excluding hydrogens is 439 g/mol. The summed E-state index contributed by atoms with van der Waals surface area (Å²) in [6.45, 7) is 3.14. The van der Waals surface area contributed by atoms with Crippen molar-refractivity contribution < 1.29 is 27.4 Å². The SMILES string of the molecule is COC1CN(c2cnc3nc4nc(c3c2)N[C@H](C)c2cccc(C(F)(F)F)c2OCCO4)C1. The third-order valence-corrected chi connectivity index (χ3v) is 5.79. The van der Waals surface area contributed by atoms with Crippen molar-refractivity contribution in [2.45, 2.75) is 25.2 Å². The van der Waals surface area contributed by atoms with E-state index in [0.29, 0.717) is 22.4 Å². The number of methoxy groups -OCH3 is 1. The van der Waals surface area contributed by atoms with Gasteiger partial charge >= 0.3 is 12.2 Å². The minimum atomic E-state index is -4.55. The highest BCUT2D eigenvalue weighted by atomic mass is 19.4. The first kappa shape index (κ1) is 21.5. The van der Waals surface area contributed by atoms with Gasteiger partial charge < -0.3 is 24.4 Å². The van der Waals surface area contributed by atoms with Crippen LogP contribution in [0.25, 0.3) is 11.0 Å². The molecule has 1 N–H and O–H groups in total. The van der Waals surface area contributed by atoms with Crippen molar-refractivity contribution >= 4 is 22.5 Å². The molecule has 0 aliphatic carbocycles. The highest BCUT2D eigenvalue weighted by Crippen LogP contribution is 2.41. The van der Waals surface area contributed by atoms with Gasteiger partial charge in [0.05, 0.1) is 35.0 Å². The maximum absolute atomic E-state index is 13.6. The minimum Gasteiger partial charge on any atom is -0.489 e. The maximum Gasteiger partial charge on any atom is 0.419 e. The van der Waals surface area contributed by atoms with E-state index in [2.05, 4.69) is 25.2 Å². The smallest absolute Gasteiger partial charge is 0.419 e. The van der Waals surface area contributed by atoms with Gasteiger partial charge in [0.2, 0.25) is 0 Å². The summed E-state index contributed by atoms with van der Waals surface area (Å²) in [5.74, 6) is 0.205. The van der Waals surface area contributed by atoms with Crippen LogP contribution in [0.15, 0.2) is 30.5 Å². The Morgan fingerprint density at radius 3 is 2.70 bits per heavy atom. The van der Waals surface area contributed by atoms with Crippen molar-refractivity contribution in [2.24, 2.45) is 0 Å². The van der Waals surface area contributed by atoms with Crippen molar-refractivity contribution in [1.82, 2.24) is 15.0 Å². The number of hydrogen-bond donors (Lipinski definition) is 1. The van der Waals surface area contributed by atoms with Crippen LogP contribution in [0.3, 0.4) is 0 Å². The largest absolute Gasteiger partial charge is 0.489 e. The topological polar surface area (TPSA) is 81.6 Å². The molecule has 1 fully saturated rings. The number of alkyl halides is 3. The quantitative estimate of drug-likeness (QED) is 0.617. The predicted octanol–water partition coefficient (Wildman–Crippen LogP) is 3.82. The number of hydrogen-bond acceptors (Lipinski definition) is 8. The van der Waals surface area contributed by atoms with Gasteiger partial charge in [-0.05, 0) is 19.1 Å². The van der Waals surface area contributed by atoms with E-state index in [4.69, 9.17) is 14.2 Å². The summed E-state index contributed by atoms with van der Waals surface area (Å²) in [5, 5.41) is 3.86. The average Bonchev–Trinajstić information content (AvgIpc) is 2.77. The molecule has 2 bridgehead atoms. The van der Waals surface area contributed by atoms with Gasteiger partial charge in [-0.2, -0.15) is 23.1 Å². The number of anilines is 2. The molecule has 2 aromatic heterocycles. The zero-order valence-corrected chi connectivity index (χ0v) is 18.0. The van der Waals surface area contributed by atoms with E-state index in [1.807, 2.05) is 6.07 Å². The molecule has 0 spiro atoms. The molecule has 4 heterocycles. The van der Waals surface area contributed by atoms with Crippen molar-refractivity contribution in [1.29, 1.82) is 0 Å². The molecule has 33 heavy (non-hydrogen) atoms. The second-order valence-corrected chi connectivity index (χ2v) is 7.97. The van der Waals surface area contributed by atoms with Crippen molar-refractivity contribution in [3.8, 4) is 11.8 Å². The molecule has 174 valence electrons. The fourth-order valence-corrected chi connectivity index (χ4v) is 3.97. The number of halogens is 3. The third kappa shape index (κ3) is 4.08. The Morgan fingerprint density at radius 2 is 1.94 bits per heavy atom. The molecule has 8 nitrogen and oxygen atoms in total. The van der Waals surface area contributed by atoms with Gasteiger partial charge in [-0.1, -0.05) is 12.1 Å². The molecule has 1 atom stereocenters. The first-order chi connectivity index (χ1) is 15.8. The Bertz CT molecular complexity index is 1180. The van der Waals surface area contributed by atoms with Crippen LogP contribution in [0.5, 0.6) is 11.8 Å². The molecule has 2 aliphatic heterocycles. The molecule has 0 unspecified atom stereocenters. The third-order valence-electron chi connectivity index (χ3n) is 5.79. The Kier molecular flexibility index (Phi) is 5.35. The van der Waals surface area contributed by atoms with E-state index in [9.17, 15) is 13.2 Å². The van der Waals surface area contributed by atoms with Crippen LogP contribution in [0, 0.1) is 0 Å². The molecule has 0 amide bonds. The number of nitrogens with one attached hydrogen (secondary N) is 1. The maximum atomic E-state index is 13.6. The van der Waals surface area contributed by atoms with Crippen LogP contribution in [0.2, 0.25) is 0 Å². The van der Waals surface area contributed by atoms with Gasteiger partial charge in [-0.25, -0.2) is 4.98 Å². The van der Waals surface area contributed by atoms with Gasteiger partial charge in [-0.15, -0.1) is 0 Å². The van der Waals surface area contributed by atoms with E-state index < -0.39 is 17.8 Å². The number of nitrogens with zero attached hydrogens (tertiary/aromatic N) is 4. The zero-order valence-electron chi connectivity index (χ0n) is 18.0. The zero-order chi connectivity index (χ0) is 23.2. The van der Waals surface area contributed by atoms with Gasteiger partial charge in [0, 0.05) is 25.8 Å². The van der Waals surface area contributed by atoms with Crippen LogP contribution in [0.1, 0.15) is 24.1 Å². The van der Waals surface area contributed by atoms with E-state index in [1.54, 1.807) is 26.3 Å². The number of fused-ring (bicyclic) bond motifs is 5. The van der Waals surface area contributed by atoms with Gasteiger partial charge in [0.25, 0.3) is 0 Å². The summed E-state index contributed by atoms with van der Waals surface area (Å²) >= 11 is 0. The standard InChI is InChI=1S/C22H22F3N5O3/c1-12-15-4-3-5-17(22(23,24)25)18(15)32-6-7-33-21-28-19-16(20(27-12)29-21)8-13(9-26-19)30-10-14(11-30)31-2/h3-5,8-9,12,14H,6-7,10-11H2,1-2H3,(H,26,27,28,29)/t12-/m1/s1. The van der Waals surface area contributed by atoms with Crippen molar-refractivity contribution in [3.63, 3.8) is 0 Å². The summed E-state index contributed by atoms with van der Waals surface area (Å²) in [7, 11) is 1.68. The van der Waals surface area contributed by atoms with E-state index >= 15 is 0 Å². The van der Waals surface area contributed by atoms with Crippen LogP contribution in [0.4, 0.5) is 24.7 Å². The van der Waals surface area contributed by atoms with E-state index in [-0.39, 0.29) is 31.1 Å². The number of ether oxygens (including phenoxy) is 3. The Labute approximate surface area is 187 Å². The molecule has 0 radical (unpaired) electrons. The van der Waals surface area contributed by atoms with Crippen LogP contribution < -0.4 is 19.7 Å². The second-order valence-electron chi connectivity index (χ2n) is 7.97. The van der Waals surface area contributed by atoms with Crippen LogP contribution in [-0.4, -0.2) is 54.5 Å². The summed E-state index contributed by atoms with van der Waals surface area (Å²) in [5.41, 5.74) is 0.850. The van der Waals surface area contributed by atoms with E-state index in [0.717, 1.165) is 24.8 Å². The Balaban J connectivity index is 1.56. The van der Waals surface area contributed by atoms with Crippen molar-refractivity contribution in [2.75, 3.05) is 43.6 Å². The molecule has 1 aromatic carbocycles. The summed E-state index contributed by atoms with van der Waals surface area (Å²) < 4.78 is 57.3. The Hall–Kier alpha value is -3.34. The molecule has 11 heteroatoms. The highest BCUT2D eigenvalue weighted by molar-refractivity contribution is 5.89. The molecular formula is C22H22F3N5O3. The van der Waals surface area contributed by atoms with Crippen LogP contribution >= 0.6 is 0 Å². The summed E-state index contributed by atoms with van der Waals surface area (Å²) in [6, 6.07) is 5.44. The Morgan fingerprint density at radius 1 is 1.15 bits per heavy atom. The lowest BCUT2D eigenvalue weighted by atomic mass is 10.0. The number of aromatic nitrogens is 3. The molecule has 1 saturated heterocycles. The monoisotopic (exact) mass is 461 g/mol. The van der Waals surface area contributed by atoms with Gasteiger partial charge in [0.15, 0.2) is 5.65 Å². The molecule has 2 aliphatic rings.